The van der Waals surface area contributed by atoms with Crippen LogP contribution in [-0.2, 0) is 42.8 Å². The van der Waals surface area contributed by atoms with Crippen molar-refractivity contribution in [2.24, 2.45) is 0 Å². The first-order valence-electron chi connectivity index (χ1n) is 11.9. The fraction of sp³-hybridized carbons (Fsp3) is 0.739. The summed E-state index contributed by atoms with van der Waals surface area (Å²) in [5, 5.41) is 32.3. The SMILES string of the molecule is CC(=O)O[C@H]([C@H](O)CON(N(C(C)C)C(C)C)P(O)OCCC#N)[C@H](OC(C)=O)[C@@](O)(C(C)=O)C(=O)C(C)=O. The van der Waals surface area contributed by atoms with Crippen LogP contribution in [0, 0.1) is 11.3 Å². The third kappa shape index (κ3) is 10.6. The molecule has 0 fully saturated rings. The Labute approximate surface area is 228 Å². The second kappa shape index (κ2) is 16.6. The summed E-state index contributed by atoms with van der Waals surface area (Å²) in [6.45, 7) is 9.38. The Morgan fingerprint density at radius 1 is 0.974 bits per heavy atom. The first-order valence-corrected chi connectivity index (χ1v) is 13.1. The maximum absolute atomic E-state index is 12.6. The summed E-state index contributed by atoms with van der Waals surface area (Å²) in [5.41, 5.74) is -3.32. The summed E-state index contributed by atoms with van der Waals surface area (Å²) in [6.07, 6.45) is -6.49. The molecular formula is C23H38N3O12P. The van der Waals surface area contributed by atoms with Crippen LogP contribution in [-0.4, -0.2) is 104 Å². The summed E-state index contributed by atoms with van der Waals surface area (Å²) in [6, 6.07) is 1.29. The number of ether oxygens (including phenoxy) is 2. The molecule has 0 aliphatic heterocycles. The van der Waals surface area contributed by atoms with E-state index in [1.165, 1.54) is 0 Å². The standard InChI is InChI=1S/C23H38N3O12P/c1-13(2)25(14(3)4)26(39(34)36-11-9-10-24)35-12-19(31)20(37-17(7)29)22(38-18(8)30)23(33,16(6)28)21(32)15(5)27/h13-14,19-20,22,31,33-34H,9,11-12H2,1-8H3/t19-,20-,22+,23-,39?/m1/s1. The van der Waals surface area contributed by atoms with Gasteiger partial charge in [-0.25, -0.2) is 5.01 Å². The Balaban J connectivity index is 6.51. The van der Waals surface area contributed by atoms with Crippen LogP contribution < -0.4 is 0 Å². The van der Waals surface area contributed by atoms with E-state index in [0.29, 0.717) is 0 Å². The van der Waals surface area contributed by atoms with Crippen molar-refractivity contribution in [2.45, 2.75) is 97.8 Å². The van der Waals surface area contributed by atoms with Crippen molar-refractivity contribution in [3.05, 3.63) is 0 Å². The van der Waals surface area contributed by atoms with Gasteiger partial charge in [0.05, 0.1) is 19.1 Å². The monoisotopic (exact) mass is 579 g/mol. The molecule has 15 nitrogen and oxygen atoms in total. The number of carbonyl (C=O) groups excluding carboxylic acids is 5. The molecule has 0 aromatic carbocycles. The molecule has 16 heteroatoms. The van der Waals surface area contributed by atoms with Gasteiger partial charge in [0.2, 0.25) is 11.4 Å². The predicted molar refractivity (Wildman–Crippen MR) is 134 cm³/mol. The topological polar surface area (TPSA) is 213 Å². The number of nitrogens with zero attached hydrogens (tertiary/aromatic N) is 3. The van der Waals surface area contributed by atoms with Crippen molar-refractivity contribution >= 4 is 37.8 Å². The Kier molecular flexibility index (Phi) is 15.6. The average molecular weight is 580 g/mol. The van der Waals surface area contributed by atoms with Gasteiger partial charge in [-0.2, -0.15) is 5.26 Å². The fourth-order valence-electron chi connectivity index (χ4n) is 3.52. The maximum atomic E-state index is 12.6. The fourth-order valence-corrected chi connectivity index (χ4v) is 4.63. The first kappa shape index (κ1) is 36.6. The van der Waals surface area contributed by atoms with Crippen LogP contribution in [0.15, 0.2) is 0 Å². The van der Waals surface area contributed by atoms with Gasteiger partial charge in [0.25, 0.3) is 8.53 Å². The molecule has 222 valence electrons. The van der Waals surface area contributed by atoms with E-state index in [4.69, 9.17) is 24.1 Å². The number of carbonyl (C=O) groups is 5. The summed E-state index contributed by atoms with van der Waals surface area (Å²) in [4.78, 5) is 77.8. The first-order chi connectivity index (χ1) is 17.9. The second-order valence-electron chi connectivity index (χ2n) is 8.99. The normalized spacial score (nSPS) is 16.3. The molecule has 0 aromatic rings. The van der Waals surface area contributed by atoms with Gasteiger partial charge in [-0.3, -0.25) is 28.8 Å². The van der Waals surface area contributed by atoms with Crippen LogP contribution in [0.3, 0.4) is 0 Å². The molecule has 0 aliphatic carbocycles. The lowest BCUT2D eigenvalue weighted by molar-refractivity contribution is -0.267. The molecule has 0 aromatic heterocycles. The third-order valence-corrected chi connectivity index (χ3v) is 6.10. The molecule has 0 radical (unpaired) electrons. The van der Waals surface area contributed by atoms with Crippen LogP contribution in [0.2, 0.25) is 0 Å². The molecule has 0 rings (SSSR count). The van der Waals surface area contributed by atoms with Gasteiger partial charge in [0.15, 0.2) is 23.8 Å². The minimum atomic E-state index is -3.32. The van der Waals surface area contributed by atoms with Gasteiger partial charge in [0.1, 0.15) is 12.7 Å². The van der Waals surface area contributed by atoms with Gasteiger partial charge in [-0.1, -0.05) is 0 Å². The van der Waals surface area contributed by atoms with E-state index in [2.05, 4.69) is 0 Å². The molecule has 39 heavy (non-hydrogen) atoms. The second-order valence-corrected chi connectivity index (χ2v) is 10.1. The van der Waals surface area contributed by atoms with Crippen LogP contribution >= 0.6 is 8.53 Å². The van der Waals surface area contributed by atoms with E-state index in [9.17, 15) is 39.1 Å². The molecular weight excluding hydrogens is 541 g/mol. The molecule has 0 bridgehead atoms. The Morgan fingerprint density at radius 3 is 1.87 bits per heavy atom. The zero-order valence-electron chi connectivity index (χ0n) is 23.3. The van der Waals surface area contributed by atoms with Gasteiger partial charge in [-0.05, 0) is 39.6 Å². The third-order valence-electron chi connectivity index (χ3n) is 5.07. The average Bonchev–Trinajstić information content (AvgIpc) is 2.81. The van der Waals surface area contributed by atoms with E-state index in [1.807, 2.05) is 6.07 Å². The van der Waals surface area contributed by atoms with Crippen molar-refractivity contribution < 1.29 is 57.9 Å². The highest BCUT2D eigenvalue weighted by Gasteiger charge is 2.57. The Bertz CT molecular complexity index is 917. The van der Waals surface area contributed by atoms with Gasteiger partial charge < -0.3 is 29.1 Å². The molecule has 0 aliphatic rings. The number of Topliss-reactive ketones (excluding diaryl/α,β-unsaturated/α-hetero) is 3. The summed E-state index contributed by atoms with van der Waals surface area (Å²) < 4.78 is 15.3. The van der Waals surface area contributed by atoms with Gasteiger partial charge in [-0.15, -0.1) is 0 Å². The minimum Gasteiger partial charge on any atom is -0.456 e. The smallest absolute Gasteiger partial charge is 0.303 e. The molecule has 3 N–H and O–H groups in total. The molecule has 1 unspecified atom stereocenters. The van der Waals surface area contributed by atoms with Crippen LogP contribution in [0.4, 0.5) is 0 Å². The molecule has 5 atom stereocenters. The quantitative estimate of drug-likeness (QED) is 0.0491. The maximum Gasteiger partial charge on any atom is 0.303 e. The predicted octanol–water partition coefficient (Wildman–Crippen LogP) is 0.106. The van der Waals surface area contributed by atoms with E-state index >= 15 is 0 Å². The largest absolute Gasteiger partial charge is 0.456 e. The highest BCUT2D eigenvalue weighted by Crippen LogP contribution is 2.40. The number of rotatable bonds is 18. The lowest BCUT2D eigenvalue weighted by atomic mass is 9.81. The summed E-state index contributed by atoms with van der Waals surface area (Å²) >= 11 is 0. The van der Waals surface area contributed by atoms with E-state index in [0.717, 1.165) is 32.6 Å². The van der Waals surface area contributed by atoms with Crippen molar-refractivity contribution in [3.63, 3.8) is 0 Å². The van der Waals surface area contributed by atoms with Crippen LogP contribution in [0.1, 0.15) is 61.8 Å². The van der Waals surface area contributed by atoms with Gasteiger partial charge >= 0.3 is 11.9 Å². The van der Waals surface area contributed by atoms with E-state index in [-0.39, 0.29) is 25.1 Å². The number of esters is 2. The highest BCUT2D eigenvalue weighted by atomic mass is 31.2. The minimum absolute atomic E-state index is 0.0361. The summed E-state index contributed by atoms with van der Waals surface area (Å²) in [5.74, 6) is -6.46. The molecule has 0 saturated carbocycles. The molecule has 0 saturated heterocycles. The number of nitriles is 1. The van der Waals surface area contributed by atoms with Crippen molar-refractivity contribution in [1.82, 2.24) is 9.95 Å². The lowest BCUT2D eigenvalue weighted by Crippen LogP contribution is -2.65. The van der Waals surface area contributed by atoms with E-state index in [1.54, 1.807) is 32.7 Å². The number of aliphatic hydroxyl groups is 2. The zero-order chi connectivity index (χ0) is 30.7. The lowest BCUT2D eigenvalue weighted by Gasteiger charge is -2.41. The number of hydrazine groups is 1. The number of ketones is 3. The Morgan fingerprint density at radius 2 is 1.49 bits per heavy atom. The number of hydrogen-bond donors (Lipinski definition) is 3. The van der Waals surface area contributed by atoms with Crippen molar-refractivity contribution in [1.29, 1.82) is 5.26 Å². The Hall–Kier alpha value is -2.41. The molecule has 0 heterocycles. The molecule has 0 amide bonds. The zero-order valence-corrected chi connectivity index (χ0v) is 24.2. The van der Waals surface area contributed by atoms with Crippen LogP contribution in [0.25, 0.3) is 0 Å². The summed E-state index contributed by atoms with van der Waals surface area (Å²) in [7, 11) is -2.53. The highest BCUT2D eigenvalue weighted by molar-refractivity contribution is 7.43. The van der Waals surface area contributed by atoms with Crippen molar-refractivity contribution in [3.8, 4) is 6.07 Å². The van der Waals surface area contributed by atoms with Crippen molar-refractivity contribution in [2.75, 3.05) is 13.2 Å². The number of hydrogen-bond acceptors (Lipinski definition) is 15. The van der Waals surface area contributed by atoms with E-state index < -0.39 is 68.3 Å². The van der Waals surface area contributed by atoms with Crippen LogP contribution in [0.5, 0.6) is 0 Å². The number of aliphatic hydroxyl groups excluding tert-OH is 1. The van der Waals surface area contributed by atoms with Gasteiger partial charge in [0, 0.05) is 32.9 Å². The molecule has 0 spiro atoms.